The normalized spacial score (nSPS) is 16.5. The fourth-order valence-electron chi connectivity index (χ4n) is 3.26. The maximum atomic E-state index is 13.8. The Morgan fingerprint density at radius 2 is 1.83 bits per heavy atom. The van der Waals surface area contributed by atoms with E-state index in [1.165, 1.54) is 6.07 Å². The zero-order chi connectivity index (χ0) is 21.3. The fraction of sp³-hybridized carbons (Fsp3) is 0.190. The van der Waals surface area contributed by atoms with Crippen LogP contribution in [-0.2, 0) is 14.3 Å². The van der Waals surface area contributed by atoms with Gasteiger partial charge in [0.05, 0.1) is 18.7 Å². The highest BCUT2D eigenvalue weighted by atomic mass is 32.1. The van der Waals surface area contributed by atoms with Crippen LogP contribution in [0.4, 0.5) is 14.5 Å². The van der Waals surface area contributed by atoms with E-state index in [1.54, 1.807) is 11.8 Å². The first-order valence-corrected chi connectivity index (χ1v) is 9.11. The Morgan fingerprint density at radius 3 is 2.45 bits per heavy atom. The molecule has 0 fully saturated rings. The zero-order valence-corrected chi connectivity index (χ0v) is 16.8. The van der Waals surface area contributed by atoms with Crippen molar-refractivity contribution in [3.63, 3.8) is 0 Å². The summed E-state index contributed by atoms with van der Waals surface area (Å²) >= 11 is 5.48. The van der Waals surface area contributed by atoms with Gasteiger partial charge in [-0.3, -0.25) is 9.69 Å². The topological polar surface area (TPSA) is 58.6 Å². The third kappa shape index (κ3) is 3.88. The second-order valence-corrected chi connectivity index (χ2v) is 6.94. The van der Waals surface area contributed by atoms with Gasteiger partial charge < -0.3 is 10.1 Å². The summed E-state index contributed by atoms with van der Waals surface area (Å²) in [6, 6.07) is 9.74. The van der Waals surface area contributed by atoms with Crippen LogP contribution in [0.1, 0.15) is 24.1 Å². The van der Waals surface area contributed by atoms with Crippen LogP contribution in [0.3, 0.4) is 0 Å². The molecule has 0 saturated carbocycles. The minimum atomic E-state index is -1.07. The molecule has 0 aromatic heterocycles. The van der Waals surface area contributed by atoms with E-state index in [1.807, 2.05) is 31.2 Å². The van der Waals surface area contributed by atoms with Gasteiger partial charge in [-0.1, -0.05) is 18.2 Å². The lowest BCUT2D eigenvalue weighted by Crippen LogP contribution is -2.48. The predicted octanol–water partition coefficient (Wildman–Crippen LogP) is 3.73. The molecule has 5 nitrogen and oxygen atoms in total. The smallest absolute Gasteiger partial charge is 0.379 e. The second-order valence-electron chi connectivity index (χ2n) is 6.55. The molecule has 150 valence electrons. The molecular weight excluding hydrogens is 398 g/mol. The molecule has 1 N–H and O–H groups in total. The van der Waals surface area contributed by atoms with Crippen molar-refractivity contribution in [2.75, 3.05) is 12.0 Å². The van der Waals surface area contributed by atoms with Crippen molar-refractivity contribution in [1.29, 1.82) is 0 Å². The summed E-state index contributed by atoms with van der Waals surface area (Å²) in [4.78, 5) is 26.4. The molecule has 1 atom stereocenters. The maximum absolute atomic E-state index is 13.8. The Morgan fingerprint density at radius 1 is 1.10 bits per heavy atom. The Hall–Kier alpha value is -3.13. The van der Waals surface area contributed by atoms with Crippen molar-refractivity contribution in [1.82, 2.24) is 5.32 Å². The highest BCUT2D eigenvalue weighted by molar-refractivity contribution is 7.80. The number of thiocarbonyl (C=S) groups is 1. The number of hydrogen-bond donors (Lipinski definition) is 1. The van der Waals surface area contributed by atoms with E-state index in [0.717, 1.165) is 24.8 Å². The molecule has 8 heteroatoms. The number of carbonyl (C=O) groups is 2. The molecule has 0 unspecified atom stereocenters. The van der Waals surface area contributed by atoms with Gasteiger partial charge in [-0.05, 0) is 61.5 Å². The Balaban J connectivity index is 2.19. The molecule has 0 saturated heterocycles. The van der Waals surface area contributed by atoms with Crippen LogP contribution in [0.15, 0.2) is 53.7 Å². The largest absolute Gasteiger partial charge is 0.463 e. The summed E-state index contributed by atoms with van der Waals surface area (Å²) in [7, 11) is 1.10. The summed E-state index contributed by atoms with van der Waals surface area (Å²) in [5, 5.41) is 3.22. The molecule has 0 radical (unpaired) electrons. The Labute approximate surface area is 172 Å². The predicted molar refractivity (Wildman–Crippen MR) is 108 cm³/mol. The lowest BCUT2D eigenvalue weighted by molar-refractivity contribution is -0.150. The molecule has 0 amide bonds. The van der Waals surface area contributed by atoms with Crippen LogP contribution in [0.2, 0.25) is 0 Å². The number of aryl methyl sites for hydroxylation is 1. The number of nitrogens with zero attached hydrogens (tertiary/aromatic N) is 1. The average Bonchev–Trinajstić information content (AvgIpc) is 2.68. The molecule has 3 rings (SSSR count). The van der Waals surface area contributed by atoms with E-state index >= 15 is 0 Å². The van der Waals surface area contributed by atoms with Gasteiger partial charge in [0.1, 0.15) is 0 Å². The summed E-state index contributed by atoms with van der Waals surface area (Å²) in [6.45, 7) is 3.55. The number of nitrogens with one attached hydrogen (secondary N) is 1. The number of anilines is 1. The summed E-state index contributed by atoms with van der Waals surface area (Å²) in [5.41, 5.74) is 2.35. The first kappa shape index (κ1) is 20.6. The first-order valence-electron chi connectivity index (χ1n) is 8.70. The maximum Gasteiger partial charge on any atom is 0.379 e. The lowest BCUT2D eigenvalue weighted by atomic mass is 9.91. The molecule has 29 heavy (non-hydrogen) atoms. The second kappa shape index (κ2) is 8.08. The van der Waals surface area contributed by atoms with E-state index in [0.29, 0.717) is 11.4 Å². The molecule has 2 aromatic carbocycles. The molecule has 1 heterocycles. The van der Waals surface area contributed by atoms with Crippen molar-refractivity contribution in [2.24, 2.45) is 0 Å². The van der Waals surface area contributed by atoms with E-state index in [2.05, 4.69) is 10.1 Å². The number of Topliss-reactive ketones (excluding diaryl/α,β-unsaturated/α-hetero) is 1. The molecular formula is C21H18F2N2O3S. The van der Waals surface area contributed by atoms with Gasteiger partial charge in [0.25, 0.3) is 5.78 Å². The molecule has 0 bridgehead atoms. The number of methoxy groups -OCH3 is 1. The number of allylic oxidation sites excluding steroid dienone is 1. The summed E-state index contributed by atoms with van der Waals surface area (Å²) < 4.78 is 31.8. The summed E-state index contributed by atoms with van der Waals surface area (Å²) in [5.74, 6) is -4.05. The number of ether oxygens (including phenoxy) is 1. The number of halogens is 2. The van der Waals surface area contributed by atoms with Gasteiger partial charge in [0.2, 0.25) is 0 Å². The zero-order valence-electron chi connectivity index (χ0n) is 16.0. The number of hydrogen-bond acceptors (Lipinski definition) is 4. The molecule has 1 aliphatic heterocycles. The number of benzene rings is 2. The average molecular weight is 416 g/mol. The van der Waals surface area contributed by atoms with E-state index in [-0.39, 0.29) is 16.2 Å². The van der Waals surface area contributed by atoms with Crippen LogP contribution < -0.4 is 10.2 Å². The van der Waals surface area contributed by atoms with E-state index < -0.39 is 29.4 Å². The highest BCUT2D eigenvalue weighted by Crippen LogP contribution is 2.34. The minimum absolute atomic E-state index is 0.0398. The monoisotopic (exact) mass is 416 g/mol. The number of rotatable bonds is 4. The van der Waals surface area contributed by atoms with Gasteiger partial charge in [-0.25, -0.2) is 13.6 Å². The minimum Gasteiger partial charge on any atom is -0.463 e. The van der Waals surface area contributed by atoms with Gasteiger partial charge in [-0.15, -0.1) is 0 Å². The van der Waals surface area contributed by atoms with Crippen LogP contribution >= 0.6 is 12.2 Å². The van der Waals surface area contributed by atoms with Crippen LogP contribution in [0.5, 0.6) is 0 Å². The number of esters is 1. The van der Waals surface area contributed by atoms with Gasteiger partial charge in [0.15, 0.2) is 16.7 Å². The van der Waals surface area contributed by atoms with Crippen molar-refractivity contribution in [2.45, 2.75) is 19.9 Å². The third-order valence-corrected chi connectivity index (χ3v) is 4.94. The standard InChI is InChI=1S/C21H18F2N2O3S/c1-11-5-4-6-14(9-11)25-12(2)17(19(26)20(27)28-3)18(24-21(25)29)13-7-8-15(22)16(23)10-13/h4-10,18H,1-3H3,(H,24,29)/t18-/m0/s1. The van der Waals surface area contributed by atoms with E-state index in [4.69, 9.17) is 12.2 Å². The third-order valence-electron chi connectivity index (χ3n) is 4.64. The van der Waals surface area contributed by atoms with Gasteiger partial charge in [-0.2, -0.15) is 0 Å². The SMILES string of the molecule is COC(=O)C(=O)C1=C(C)N(c2cccc(C)c2)C(=S)N[C@H]1c1ccc(F)c(F)c1. The Bertz CT molecular complexity index is 1050. The van der Waals surface area contributed by atoms with Crippen molar-refractivity contribution >= 4 is 34.8 Å². The van der Waals surface area contributed by atoms with Crippen LogP contribution in [-0.4, -0.2) is 24.0 Å². The highest BCUT2D eigenvalue weighted by Gasteiger charge is 2.37. The molecule has 0 spiro atoms. The Kier molecular flexibility index (Phi) is 5.74. The van der Waals surface area contributed by atoms with Crippen LogP contribution in [0, 0.1) is 18.6 Å². The van der Waals surface area contributed by atoms with Crippen molar-refractivity contribution in [3.05, 3.63) is 76.5 Å². The quantitative estimate of drug-likeness (QED) is 0.466. The number of carbonyl (C=O) groups excluding carboxylic acids is 2. The van der Waals surface area contributed by atoms with Crippen LogP contribution in [0.25, 0.3) is 0 Å². The first-order chi connectivity index (χ1) is 13.7. The fourth-order valence-corrected chi connectivity index (χ4v) is 3.62. The molecule has 2 aromatic rings. The molecule has 0 aliphatic carbocycles. The summed E-state index contributed by atoms with van der Waals surface area (Å²) in [6.07, 6.45) is 0. The lowest BCUT2D eigenvalue weighted by Gasteiger charge is -2.37. The van der Waals surface area contributed by atoms with Crippen molar-refractivity contribution < 1.29 is 23.1 Å². The van der Waals surface area contributed by atoms with E-state index in [9.17, 15) is 18.4 Å². The number of ketones is 1. The van der Waals surface area contributed by atoms with Gasteiger partial charge >= 0.3 is 5.97 Å². The molecule has 1 aliphatic rings. The van der Waals surface area contributed by atoms with Gasteiger partial charge in [0, 0.05) is 11.4 Å². The van der Waals surface area contributed by atoms with Crippen molar-refractivity contribution in [3.8, 4) is 0 Å².